The molecule has 0 unspecified atom stereocenters. The third-order valence-electron chi connectivity index (χ3n) is 8.45. The summed E-state index contributed by atoms with van der Waals surface area (Å²) in [5.74, 6) is 0.855. The van der Waals surface area contributed by atoms with Gasteiger partial charge in [-0.25, -0.2) is 9.97 Å². The highest BCUT2D eigenvalue weighted by atomic mass is 35.5. The maximum absolute atomic E-state index is 13.0. The van der Waals surface area contributed by atoms with E-state index in [0.717, 1.165) is 55.0 Å². The number of methoxy groups -OCH3 is 2. The number of nitrogens with zero attached hydrogens (tertiary/aromatic N) is 2. The van der Waals surface area contributed by atoms with E-state index in [0.29, 0.717) is 47.7 Å². The largest absolute Gasteiger partial charge is 0.497 e. The third-order valence-corrected chi connectivity index (χ3v) is 8.92. The summed E-state index contributed by atoms with van der Waals surface area (Å²) in [5, 5.41) is 18.0. The van der Waals surface area contributed by atoms with E-state index < -0.39 is 0 Å². The average molecular weight is 708 g/mol. The number of pyridine rings is 2. The van der Waals surface area contributed by atoms with E-state index in [4.69, 9.17) is 42.6 Å². The first-order valence-corrected chi connectivity index (χ1v) is 16.7. The van der Waals surface area contributed by atoms with Gasteiger partial charge in [0.25, 0.3) is 0 Å². The van der Waals surface area contributed by atoms with Crippen LogP contribution in [0.3, 0.4) is 0 Å². The average Bonchev–Trinajstić information content (AvgIpc) is 3.12. The molecule has 0 atom stereocenters. The molecule has 10 nitrogen and oxygen atoms in total. The fraction of sp³-hybridized carbons (Fsp3) is 0.158. The molecule has 50 heavy (non-hydrogen) atoms. The Kier molecular flexibility index (Phi) is 9.29. The minimum absolute atomic E-state index is 0.237. The second-order valence-electron chi connectivity index (χ2n) is 11.6. The lowest BCUT2D eigenvalue weighted by molar-refractivity contribution is -0.115. The van der Waals surface area contributed by atoms with Crippen LogP contribution in [0.2, 0.25) is 10.0 Å². The van der Waals surface area contributed by atoms with E-state index >= 15 is 0 Å². The molecule has 1 aliphatic rings. The Morgan fingerprint density at radius 2 is 0.940 bits per heavy atom. The predicted molar refractivity (Wildman–Crippen MR) is 201 cm³/mol. The topological polar surface area (TPSA) is 126 Å². The van der Waals surface area contributed by atoms with E-state index in [9.17, 15) is 9.59 Å². The molecule has 12 heteroatoms. The maximum Gasteiger partial charge on any atom is 0.203 e. The van der Waals surface area contributed by atoms with Crippen LogP contribution >= 0.6 is 23.2 Å². The highest BCUT2D eigenvalue weighted by Crippen LogP contribution is 2.35. The molecule has 0 saturated heterocycles. The first kappa shape index (κ1) is 32.9. The molecule has 0 radical (unpaired) electrons. The summed E-state index contributed by atoms with van der Waals surface area (Å²) in [6, 6.07) is 22.5. The van der Waals surface area contributed by atoms with Crippen LogP contribution in [0, 0.1) is 0 Å². The number of rotatable bonds is 12. The van der Waals surface area contributed by atoms with Crippen LogP contribution < -0.4 is 30.7 Å². The molecule has 0 spiro atoms. The summed E-state index contributed by atoms with van der Waals surface area (Å²) in [6.45, 7) is 1.70. The van der Waals surface area contributed by atoms with Crippen molar-refractivity contribution in [3.63, 3.8) is 0 Å². The lowest BCUT2D eigenvalue weighted by atomic mass is 10.1. The van der Waals surface area contributed by atoms with Crippen molar-refractivity contribution < 1.29 is 19.1 Å². The second kappa shape index (κ2) is 14.1. The minimum Gasteiger partial charge on any atom is -0.497 e. The molecule has 252 valence electrons. The van der Waals surface area contributed by atoms with E-state index in [1.165, 1.54) is 12.2 Å². The Hall–Kier alpha value is -5.58. The van der Waals surface area contributed by atoms with Gasteiger partial charge in [-0.3, -0.25) is 9.59 Å². The summed E-state index contributed by atoms with van der Waals surface area (Å²) in [5.41, 5.74) is 5.32. The minimum atomic E-state index is -0.283. The fourth-order valence-electron chi connectivity index (χ4n) is 6.03. The van der Waals surface area contributed by atoms with Crippen molar-refractivity contribution in [3.8, 4) is 11.5 Å². The van der Waals surface area contributed by atoms with Crippen LogP contribution in [0.15, 0.2) is 96.3 Å². The molecule has 0 amide bonds. The molecular weight excluding hydrogens is 675 g/mol. The molecule has 0 fully saturated rings. The van der Waals surface area contributed by atoms with Gasteiger partial charge in [-0.15, -0.1) is 0 Å². The number of ether oxygens (including phenoxy) is 2. The second-order valence-corrected chi connectivity index (χ2v) is 12.5. The third kappa shape index (κ3) is 6.67. The van der Waals surface area contributed by atoms with Crippen molar-refractivity contribution in [3.05, 3.63) is 106 Å². The smallest absolute Gasteiger partial charge is 0.203 e. The van der Waals surface area contributed by atoms with Gasteiger partial charge in [0.1, 0.15) is 11.5 Å². The zero-order chi connectivity index (χ0) is 34.8. The number of halogens is 2. The van der Waals surface area contributed by atoms with E-state index in [1.807, 2.05) is 72.8 Å². The summed E-state index contributed by atoms with van der Waals surface area (Å²) >= 11 is 12.5. The van der Waals surface area contributed by atoms with Crippen LogP contribution in [0.4, 0.5) is 11.4 Å². The first-order chi connectivity index (χ1) is 24.3. The Bertz CT molecular complexity index is 2230. The van der Waals surface area contributed by atoms with Crippen molar-refractivity contribution in [1.29, 1.82) is 0 Å². The van der Waals surface area contributed by atoms with Crippen molar-refractivity contribution in [1.82, 2.24) is 20.6 Å². The van der Waals surface area contributed by atoms with Gasteiger partial charge < -0.3 is 30.7 Å². The van der Waals surface area contributed by atoms with Crippen LogP contribution in [0.1, 0.15) is 0 Å². The Labute approximate surface area is 297 Å². The monoisotopic (exact) mass is 706 g/mol. The first-order valence-electron chi connectivity index (χ1n) is 15.9. The van der Waals surface area contributed by atoms with E-state index in [1.54, 1.807) is 14.2 Å². The van der Waals surface area contributed by atoms with Crippen molar-refractivity contribution in [2.75, 3.05) is 51.0 Å². The van der Waals surface area contributed by atoms with Crippen LogP contribution in [-0.4, -0.2) is 61.9 Å². The Morgan fingerprint density at radius 1 is 0.520 bits per heavy atom. The molecule has 0 bridgehead atoms. The number of allylic oxidation sites excluding steroid dienone is 2. The SMILES string of the molecule is COc1ccc2nc3cc(Cl)ccc3c(NCCNC3=CC(=O)C(NCCNc4c5ccc(Cl)cc5nc5ccc(OC)cc45)=CC3=O)c2c1. The highest BCUT2D eigenvalue weighted by Gasteiger charge is 2.20. The van der Waals surface area contributed by atoms with Crippen LogP contribution in [-0.2, 0) is 9.59 Å². The molecule has 0 aliphatic heterocycles. The number of ketones is 2. The molecule has 2 aromatic heterocycles. The number of carbonyl (C=O) groups is 2. The van der Waals surface area contributed by atoms with Gasteiger partial charge in [-0.05, 0) is 72.8 Å². The fourth-order valence-corrected chi connectivity index (χ4v) is 6.37. The molecule has 1 aliphatic carbocycles. The standard InChI is InChI=1S/C38H32Cl2N6O4/c1-49-23-5-9-29-27(17-23)37(25-7-3-21(39)15-31(25)45-29)43-13-11-41-33-19-36(48)34(20-35(33)47)42-12-14-44-38-26-8-4-22(40)16-32(26)46-30-10-6-24(50-2)18-28(30)38/h3-10,15-20,41-42H,11-14H2,1-2H3,(H,43,45)(H,44,46). The summed E-state index contributed by atoms with van der Waals surface area (Å²) in [6.07, 6.45) is 2.67. The number of benzene rings is 4. The molecule has 6 aromatic rings. The number of nitrogens with one attached hydrogen (secondary N) is 4. The Balaban J connectivity index is 0.981. The number of carbonyl (C=O) groups excluding carboxylic acids is 2. The number of anilines is 2. The van der Waals surface area contributed by atoms with Gasteiger partial charge in [0.2, 0.25) is 11.6 Å². The van der Waals surface area contributed by atoms with Gasteiger partial charge in [0, 0.05) is 69.9 Å². The lowest BCUT2D eigenvalue weighted by Gasteiger charge is -2.18. The quantitative estimate of drug-likeness (QED) is 0.0598. The van der Waals surface area contributed by atoms with Gasteiger partial charge in [0.05, 0.1) is 59.1 Å². The molecule has 7 rings (SSSR count). The van der Waals surface area contributed by atoms with E-state index in [-0.39, 0.29) is 23.0 Å². The molecular formula is C38H32Cl2N6O4. The van der Waals surface area contributed by atoms with Gasteiger partial charge in [-0.2, -0.15) is 0 Å². The summed E-state index contributed by atoms with van der Waals surface area (Å²) < 4.78 is 10.9. The van der Waals surface area contributed by atoms with Gasteiger partial charge in [-0.1, -0.05) is 23.2 Å². The maximum atomic E-state index is 13.0. The highest BCUT2D eigenvalue weighted by molar-refractivity contribution is 6.32. The van der Waals surface area contributed by atoms with Crippen molar-refractivity contribution in [2.45, 2.75) is 0 Å². The predicted octanol–water partition coefficient (Wildman–Crippen LogP) is 7.04. The number of aromatic nitrogens is 2. The number of hydrogen-bond acceptors (Lipinski definition) is 10. The summed E-state index contributed by atoms with van der Waals surface area (Å²) in [7, 11) is 3.24. The zero-order valence-corrected chi connectivity index (χ0v) is 28.7. The van der Waals surface area contributed by atoms with Crippen LogP contribution in [0.25, 0.3) is 43.6 Å². The van der Waals surface area contributed by atoms with Gasteiger partial charge >= 0.3 is 0 Å². The molecule has 4 N–H and O–H groups in total. The zero-order valence-electron chi connectivity index (χ0n) is 27.2. The van der Waals surface area contributed by atoms with Crippen molar-refractivity contribution >= 4 is 89.8 Å². The molecule has 4 aromatic carbocycles. The molecule has 2 heterocycles. The van der Waals surface area contributed by atoms with E-state index in [2.05, 4.69) is 21.3 Å². The number of hydrogen-bond donors (Lipinski definition) is 4. The van der Waals surface area contributed by atoms with Gasteiger partial charge in [0.15, 0.2) is 0 Å². The van der Waals surface area contributed by atoms with Crippen molar-refractivity contribution in [2.24, 2.45) is 0 Å². The molecule has 0 saturated carbocycles. The number of fused-ring (bicyclic) bond motifs is 4. The van der Waals surface area contributed by atoms with Crippen LogP contribution in [0.5, 0.6) is 11.5 Å². The normalized spacial score (nSPS) is 13.0. The Morgan fingerprint density at radius 3 is 1.36 bits per heavy atom. The lowest BCUT2D eigenvalue weighted by Crippen LogP contribution is -2.33. The summed E-state index contributed by atoms with van der Waals surface area (Å²) in [4.78, 5) is 35.5.